The van der Waals surface area contributed by atoms with Gasteiger partial charge >= 0.3 is 0 Å². The Kier molecular flexibility index (Phi) is 7.23. The van der Waals surface area contributed by atoms with Crippen LogP contribution >= 0.6 is 11.8 Å². The summed E-state index contributed by atoms with van der Waals surface area (Å²) in [4.78, 5) is 26.5. The number of aliphatic hydroxyl groups is 1. The van der Waals surface area contributed by atoms with E-state index in [1.54, 1.807) is 23.9 Å². The first-order valence-electron chi connectivity index (χ1n) is 14.8. The zero-order valence-corrected chi connectivity index (χ0v) is 24.3. The molecule has 5 nitrogen and oxygen atoms in total. The molecule has 9 atom stereocenters. The van der Waals surface area contributed by atoms with Crippen LogP contribution in [0, 0.1) is 28.6 Å². The van der Waals surface area contributed by atoms with Crippen LogP contribution in [-0.2, 0) is 25.5 Å². The van der Waals surface area contributed by atoms with E-state index in [9.17, 15) is 14.7 Å². The molecule has 0 bridgehead atoms. The first kappa shape index (κ1) is 27.4. The summed E-state index contributed by atoms with van der Waals surface area (Å²) in [5, 5.41) is 11.9. The van der Waals surface area contributed by atoms with Crippen LogP contribution < -0.4 is 0 Å². The lowest BCUT2D eigenvalue weighted by molar-refractivity contribution is -0.197. The third kappa shape index (κ3) is 4.24. The van der Waals surface area contributed by atoms with Crippen LogP contribution in [0.4, 0.5) is 0 Å². The van der Waals surface area contributed by atoms with Gasteiger partial charge in [0.1, 0.15) is 0 Å². The number of aliphatic hydroxyl groups excluding tert-OH is 1. The topological polar surface area (TPSA) is 72.8 Å². The number of allylic oxidation sites excluding steroid dienone is 4. The number of ketones is 2. The van der Waals surface area contributed by atoms with Crippen molar-refractivity contribution < 1.29 is 24.2 Å². The van der Waals surface area contributed by atoms with Crippen LogP contribution in [0.2, 0.25) is 0 Å². The summed E-state index contributed by atoms with van der Waals surface area (Å²) in [6.45, 7) is 6.51. The van der Waals surface area contributed by atoms with Crippen molar-refractivity contribution in [1.82, 2.24) is 0 Å². The third-order valence-electron chi connectivity index (χ3n) is 10.8. The monoisotopic (exact) mass is 550 g/mol. The van der Waals surface area contributed by atoms with Crippen LogP contribution in [0.15, 0.2) is 54.1 Å². The second-order valence-electron chi connectivity index (χ2n) is 12.9. The molecule has 5 aliphatic rings. The average molecular weight is 551 g/mol. The molecule has 1 aromatic rings. The average Bonchev–Trinajstić information content (AvgIpc) is 3.39. The Morgan fingerprint density at radius 3 is 2.77 bits per heavy atom. The second-order valence-corrected chi connectivity index (χ2v) is 14.0. The number of hydrogen-bond donors (Lipinski definition) is 1. The number of rotatable bonds is 8. The van der Waals surface area contributed by atoms with Gasteiger partial charge in [0, 0.05) is 16.7 Å². The van der Waals surface area contributed by atoms with Gasteiger partial charge in [-0.3, -0.25) is 9.59 Å². The van der Waals surface area contributed by atoms with E-state index in [2.05, 4.69) is 45.0 Å². The van der Waals surface area contributed by atoms with Gasteiger partial charge in [0.05, 0.1) is 18.0 Å². The van der Waals surface area contributed by atoms with Crippen molar-refractivity contribution in [2.75, 3.05) is 11.5 Å². The lowest BCUT2D eigenvalue weighted by Crippen LogP contribution is -2.63. The normalized spacial score (nSPS) is 42.4. The first-order chi connectivity index (χ1) is 18.7. The van der Waals surface area contributed by atoms with Gasteiger partial charge in [0.2, 0.25) is 0 Å². The Balaban J connectivity index is 1.27. The van der Waals surface area contributed by atoms with E-state index in [-0.39, 0.29) is 47.1 Å². The zero-order valence-electron chi connectivity index (χ0n) is 23.4. The van der Waals surface area contributed by atoms with Gasteiger partial charge in [-0.25, -0.2) is 0 Å². The molecule has 1 aromatic carbocycles. The molecule has 210 valence electrons. The van der Waals surface area contributed by atoms with E-state index in [0.29, 0.717) is 12.2 Å². The summed E-state index contributed by atoms with van der Waals surface area (Å²) >= 11 is 1.68. The van der Waals surface area contributed by atoms with E-state index in [1.807, 2.05) is 12.1 Å². The summed E-state index contributed by atoms with van der Waals surface area (Å²) in [6, 6.07) is 10.4. The largest absolute Gasteiger partial charge is 0.393 e. The van der Waals surface area contributed by atoms with Crippen LogP contribution in [0.1, 0.15) is 64.9 Å². The Labute approximate surface area is 236 Å². The summed E-state index contributed by atoms with van der Waals surface area (Å²) < 4.78 is 13.3. The Hall–Kier alpha value is -1.73. The summed E-state index contributed by atoms with van der Waals surface area (Å²) in [5.41, 5.74) is 0.589. The zero-order chi connectivity index (χ0) is 27.4. The number of carbonyl (C=O) groups excluding carboxylic acids is 2. The van der Waals surface area contributed by atoms with Gasteiger partial charge in [-0.1, -0.05) is 69.2 Å². The fraction of sp³-hybridized carbons (Fsp3) is 0.636. The van der Waals surface area contributed by atoms with Crippen molar-refractivity contribution in [3.8, 4) is 0 Å². The third-order valence-corrected chi connectivity index (χ3v) is 11.8. The van der Waals surface area contributed by atoms with Gasteiger partial charge in [0.15, 0.2) is 23.5 Å². The molecule has 6 rings (SSSR count). The van der Waals surface area contributed by atoms with E-state index in [1.165, 1.54) is 5.56 Å². The van der Waals surface area contributed by atoms with Crippen molar-refractivity contribution in [1.29, 1.82) is 0 Å². The number of thioether (sulfide) groups is 1. The minimum absolute atomic E-state index is 0.0255. The summed E-state index contributed by atoms with van der Waals surface area (Å²) in [7, 11) is 0. The fourth-order valence-corrected chi connectivity index (χ4v) is 10.0. The molecule has 0 radical (unpaired) electrons. The smallest absolute Gasteiger partial charge is 0.178 e. The predicted molar refractivity (Wildman–Crippen MR) is 153 cm³/mol. The lowest BCUT2D eigenvalue weighted by Gasteiger charge is -2.59. The van der Waals surface area contributed by atoms with E-state index < -0.39 is 17.1 Å². The van der Waals surface area contributed by atoms with E-state index in [4.69, 9.17) is 9.47 Å². The summed E-state index contributed by atoms with van der Waals surface area (Å²) in [5.74, 6) is 1.94. The number of benzene rings is 1. The Morgan fingerprint density at radius 2 is 2.00 bits per heavy atom. The molecule has 1 saturated heterocycles. The molecule has 0 aromatic heterocycles. The maximum atomic E-state index is 14.3. The van der Waals surface area contributed by atoms with Crippen LogP contribution in [0.3, 0.4) is 0 Å². The second kappa shape index (κ2) is 10.3. The molecular weight excluding hydrogens is 508 g/mol. The van der Waals surface area contributed by atoms with Gasteiger partial charge in [-0.15, -0.1) is 0 Å². The molecule has 0 spiro atoms. The maximum absolute atomic E-state index is 14.3. The number of ether oxygens (including phenoxy) is 2. The molecule has 0 amide bonds. The molecular formula is C33H42O5S. The fourth-order valence-electron chi connectivity index (χ4n) is 9.11. The molecule has 1 aliphatic heterocycles. The van der Waals surface area contributed by atoms with Gasteiger partial charge < -0.3 is 14.6 Å². The first-order valence-corrected chi connectivity index (χ1v) is 16.0. The van der Waals surface area contributed by atoms with Gasteiger partial charge in [-0.2, -0.15) is 11.8 Å². The molecule has 39 heavy (non-hydrogen) atoms. The highest BCUT2D eigenvalue weighted by atomic mass is 32.2. The number of aryl methyl sites for hydroxylation is 1. The Bertz CT molecular complexity index is 1180. The maximum Gasteiger partial charge on any atom is 0.178 e. The quantitative estimate of drug-likeness (QED) is 0.419. The highest BCUT2D eigenvalue weighted by Crippen LogP contribution is 2.69. The molecule has 4 fully saturated rings. The number of hydrogen-bond acceptors (Lipinski definition) is 6. The van der Waals surface area contributed by atoms with Crippen molar-refractivity contribution >= 4 is 23.3 Å². The number of carbonyl (C=O) groups is 2. The molecule has 1 heterocycles. The van der Waals surface area contributed by atoms with Crippen LogP contribution in [0.5, 0.6) is 0 Å². The minimum atomic E-state index is -1.02. The van der Waals surface area contributed by atoms with E-state index >= 15 is 0 Å². The molecule has 6 heteroatoms. The van der Waals surface area contributed by atoms with Gasteiger partial charge in [-0.05, 0) is 73.8 Å². The molecule has 6 unspecified atom stereocenters. The standard InChI is InChI=1S/C33H42O5S/c1-4-8-29-37-28-18-25-24-12-11-22-17-23(34)13-15-31(22,2)30(24)26(35)19-32(25,3)33(28,38-29)27(36)20-39-16-14-21-9-6-5-7-10-21/h5-7,9-10,13,15,17,24-26,28-30,35H,4,8,11-12,14,16,18-20H2,1-3H3/t24?,25?,26-,28+,29?,30?,31?,32?,33-/m0/s1. The highest BCUT2D eigenvalue weighted by Gasteiger charge is 2.75. The summed E-state index contributed by atoms with van der Waals surface area (Å²) in [6.07, 6.45) is 10.0. The predicted octanol–water partition coefficient (Wildman–Crippen LogP) is 5.70. The van der Waals surface area contributed by atoms with E-state index in [0.717, 1.165) is 49.9 Å². The molecule has 1 N–H and O–H groups in total. The number of Topliss-reactive ketones (excluding diaryl/α,β-unsaturated/α-hetero) is 1. The van der Waals surface area contributed by atoms with Crippen molar-refractivity contribution in [2.24, 2.45) is 28.6 Å². The van der Waals surface area contributed by atoms with Crippen LogP contribution in [-0.4, -0.2) is 52.3 Å². The molecule has 4 aliphatic carbocycles. The highest BCUT2D eigenvalue weighted by molar-refractivity contribution is 7.99. The SMILES string of the molecule is CCCC1O[C@@H]2CC3C4CCC5=CC(=O)C=CC5(C)C4[C@@H](O)CC3(C)[C@@]2(C(=O)CSCCc2ccccc2)O1. The van der Waals surface area contributed by atoms with Crippen molar-refractivity contribution in [2.45, 2.75) is 89.8 Å². The number of fused-ring (bicyclic) bond motifs is 7. The van der Waals surface area contributed by atoms with Crippen LogP contribution in [0.25, 0.3) is 0 Å². The molecule has 3 saturated carbocycles. The lowest BCUT2D eigenvalue weighted by atomic mass is 9.46. The minimum Gasteiger partial charge on any atom is -0.393 e. The van der Waals surface area contributed by atoms with Crippen molar-refractivity contribution in [3.05, 3.63) is 59.7 Å². The Morgan fingerprint density at radius 1 is 1.21 bits per heavy atom. The van der Waals surface area contributed by atoms with Crippen molar-refractivity contribution in [3.63, 3.8) is 0 Å². The van der Waals surface area contributed by atoms with Gasteiger partial charge in [0.25, 0.3) is 0 Å².